The van der Waals surface area contributed by atoms with Crippen LogP contribution in [0.3, 0.4) is 0 Å². The van der Waals surface area contributed by atoms with E-state index in [0.29, 0.717) is 29.0 Å². The zero-order valence-corrected chi connectivity index (χ0v) is 17.4. The molecule has 2 aromatic heterocycles. The summed E-state index contributed by atoms with van der Waals surface area (Å²) in [5.41, 5.74) is 2.12. The first-order chi connectivity index (χ1) is 14.6. The predicted molar refractivity (Wildman–Crippen MR) is 114 cm³/mol. The molecule has 0 spiro atoms. The summed E-state index contributed by atoms with van der Waals surface area (Å²) in [6.07, 6.45) is -0.353. The Hall–Kier alpha value is -3.41. The van der Waals surface area contributed by atoms with Crippen molar-refractivity contribution in [3.8, 4) is 0 Å². The van der Waals surface area contributed by atoms with E-state index in [4.69, 9.17) is 4.55 Å². The lowest BCUT2D eigenvalue weighted by molar-refractivity contribution is 0.210. The number of benzene rings is 2. The number of hydrogen-bond donors (Lipinski definition) is 4. The molecule has 2 heterocycles. The fourth-order valence-corrected chi connectivity index (χ4v) is 2.71. The zero-order valence-electron chi connectivity index (χ0n) is 16.6. The molecule has 9 nitrogen and oxygen atoms in total. The third kappa shape index (κ3) is 6.28. The second kappa shape index (κ2) is 9.16. The van der Waals surface area contributed by atoms with Crippen molar-refractivity contribution in [2.24, 2.45) is 0 Å². The molecule has 4 aromatic rings. The number of halogens is 1. The van der Waals surface area contributed by atoms with Crippen LogP contribution in [0.4, 0.5) is 16.0 Å². The normalized spacial score (nSPS) is 12.2. The molecular formula is C20H20FN5O4S. The Morgan fingerprint density at radius 2 is 1.74 bits per heavy atom. The van der Waals surface area contributed by atoms with Gasteiger partial charge in [-0.15, -0.1) is 0 Å². The Labute approximate surface area is 177 Å². The summed E-state index contributed by atoms with van der Waals surface area (Å²) in [5, 5.41) is 21.6. The van der Waals surface area contributed by atoms with Gasteiger partial charge in [0.1, 0.15) is 17.7 Å². The van der Waals surface area contributed by atoms with Crippen molar-refractivity contribution >= 4 is 32.7 Å². The van der Waals surface area contributed by atoms with E-state index in [2.05, 4.69) is 25.5 Å². The van der Waals surface area contributed by atoms with Gasteiger partial charge < -0.3 is 10.4 Å². The number of nitrogens with one attached hydrogen (secondary N) is 2. The monoisotopic (exact) mass is 445 g/mol. The van der Waals surface area contributed by atoms with Crippen LogP contribution in [0.15, 0.2) is 54.6 Å². The SMILES string of the molecule is CS(=O)(=O)O.Cc1cc(Nc2nc([C@H](O)c3ccc(F)cc3)nc3ccccc23)n[nH]1. The third-order valence-electron chi connectivity index (χ3n) is 4.00. The number of aliphatic hydroxyl groups is 1. The Bertz CT molecular complexity index is 1280. The molecule has 0 fully saturated rings. The molecule has 0 aliphatic rings. The highest BCUT2D eigenvalue weighted by Gasteiger charge is 2.17. The Kier molecular flexibility index (Phi) is 6.59. The van der Waals surface area contributed by atoms with Gasteiger partial charge in [-0.25, -0.2) is 14.4 Å². The van der Waals surface area contributed by atoms with Gasteiger partial charge in [0.05, 0.1) is 11.8 Å². The minimum Gasteiger partial charge on any atom is -0.380 e. The highest BCUT2D eigenvalue weighted by molar-refractivity contribution is 7.85. The van der Waals surface area contributed by atoms with Crippen molar-refractivity contribution in [3.63, 3.8) is 0 Å². The molecular weight excluding hydrogens is 425 g/mol. The van der Waals surface area contributed by atoms with Gasteiger partial charge in [-0.1, -0.05) is 24.3 Å². The van der Waals surface area contributed by atoms with E-state index in [1.54, 1.807) is 0 Å². The number of hydrogen-bond acceptors (Lipinski definition) is 7. The summed E-state index contributed by atoms with van der Waals surface area (Å²) in [5.74, 6) is 1.02. The highest BCUT2D eigenvalue weighted by atomic mass is 32.2. The average Bonchev–Trinajstić information content (AvgIpc) is 3.11. The van der Waals surface area contributed by atoms with Crippen LogP contribution in [0.5, 0.6) is 0 Å². The Balaban J connectivity index is 0.000000491. The lowest BCUT2D eigenvalue weighted by Crippen LogP contribution is -2.08. The van der Waals surface area contributed by atoms with E-state index < -0.39 is 16.2 Å². The number of anilines is 2. The summed E-state index contributed by atoms with van der Waals surface area (Å²) in [6.45, 7) is 1.90. The number of aryl methyl sites for hydroxylation is 1. The number of nitrogens with zero attached hydrogens (tertiary/aromatic N) is 3. The molecule has 4 rings (SSSR count). The molecule has 2 aromatic carbocycles. The summed E-state index contributed by atoms with van der Waals surface area (Å²) >= 11 is 0. The average molecular weight is 445 g/mol. The van der Waals surface area contributed by atoms with Crippen molar-refractivity contribution < 1.29 is 22.5 Å². The molecule has 0 bridgehead atoms. The smallest absolute Gasteiger partial charge is 0.261 e. The van der Waals surface area contributed by atoms with Gasteiger partial charge in [-0.3, -0.25) is 9.65 Å². The van der Waals surface area contributed by atoms with Gasteiger partial charge in [0.15, 0.2) is 11.6 Å². The minimum absolute atomic E-state index is 0.227. The largest absolute Gasteiger partial charge is 0.380 e. The summed E-state index contributed by atoms with van der Waals surface area (Å²) in [6, 6.07) is 15.0. The van der Waals surface area contributed by atoms with Crippen molar-refractivity contribution in [2.45, 2.75) is 13.0 Å². The fraction of sp³-hybridized carbons (Fsp3) is 0.150. The molecule has 0 aliphatic heterocycles. The van der Waals surface area contributed by atoms with Crippen molar-refractivity contribution in [3.05, 3.63) is 77.5 Å². The maximum absolute atomic E-state index is 13.1. The molecule has 1 atom stereocenters. The Morgan fingerprint density at radius 1 is 1.10 bits per heavy atom. The maximum Gasteiger partial charge on any atom is 0.261 e. The molecule has 31 heavy (non-hydrogen) atoms. The molecule has 0 amide bonds. The molecule has 162 valence electrons. The van der Waals surface area contributed by atoms with Crippen LogP contribution in [0, 0.1) is 12.7 Å². The van der Waals surface area contributed by atoms with E-state index in [1.165, 1.54) is 24.3 Å². The van der Waals surface area contributed by atoms with Crippen LogP contribution in [-0.2, 0) is 10.1 Å². The zero-order chi connectivity index (χ0) is 22.6. The van der Waals surface area contributed by atoms with Crippen LogP contribution in [-0.4, -0.2) is 44.5 Å². The summed E-state index contributed by atoms with van der Waals surface area (Å²) < 4.78 is 39.0. The Morgan fingerprint density at radius 3 is 2.35 bits per heavy atom. The van der Waals surface area contributed by atoms with E-state index in [1.807, 2.05) is 37.3 Å². The first-order valence-corrected chi connectivity index (χ1v) is 10.9. The molecule has 0 aliphatic carbocycles. The fourth-order valence-electron chi connectivity index (χ4n) is 2.71. The quantitative estimate of drug-likeness (QED) is 0.351. The number of rotatable bonds is 4. The number of para-hydroxylation sites is 1. The van der Waals surface area contributed by atoms with E-state index in [-0.39, 0.29) is 11.6 Å². The van der Waals surface area contributed by atoms with Gasteiger partial charge in [-0.2, -0.15) is 13.5 Å². The van der Waals surface area contributed by atoms with E-state index in [9.17, 15) is 17.9 Å². The summed E-state index contributed by atoms with van der Waals surface area (Å²) in [4.78, 5) is 8.94. The number of fused-ring (bicyclic) bond motifs is 1. The minimum atomic E-state index is -3.67. The summed E-state index contributed by atoms with van der Waals surface area (Å²) in [7, 11) is -3.67. The van der Waals surface area contributed by atoms with Gasteiger partial charge in [0.2, 0.25) is 0 Å². The second-order valence-electron chi connectivity index (χ2n) is 6.70. The first-order valence-electron chi connectivity index (χ1n) is 9.02. The number of aromatic nitrogens is 4. The highest BCUT2D eigenvalue weighted by Crippen LogP contribution is 2.27. The number of aliphatic hydroxyl groups excluding tert-OH is 1. The molecule has 11 heteroatoms. The van der Waals surface area contributed by atoms with Crippen molar-refractivity contribution in [1.82, 2.24) is 20.2 Å². The first kappa shape index (κ1) is 22.3. The van der Waals surface area contributed by atoms with E-state index in [0.717, 1.165) is 11.1 Å². The molecule has 0 saturated carbocycles. The van der Waals surface area contributed by atoms with Gasteiger partial charge >= 0.3 is 0 Å². The van der Waals surface area contributed by atoms with E-state index >= 15 is 0 Å². The standard InChI is InChI=1S/C19H16FN5O.CH4O3S/c1-11-10-16(25-24-11)22-18-14-4-2-3-5-15(14)21-19(23-18)17(26)12-6-8-13(20)9-7-12;1-5(2,3)4/h2-10,17,26H,1H3,(H2,21,22,23,24,25);1H3,(H,2,3,4)/t17-;/m1./s1. The van der Waals surface area contributed by atoms with Crippen LogP contribution in [0.1, 0.15) is 23.2 Å². The molecule has 0 unspecified atom stereocenters. The molecule has 0 saturated heterocycles. The molecule has 0 radical (unpaired) electrons. The van der Waals surface area contributed by atoms with Gasteiger partial charge in [0, 0.05) is 17.1 Å². The topological polar surface area (TPSA) is 141 Å². The second-order valence-corrected chi connectivity index (χ2v) is 8.16. The lowest BCUT2D eigenvalue weighted by atomic mass is 10.1. The van der Waals surface area contributed by atoms with Crippen LogP contribution >= 0.6 is 0 Å². The van der Waals surface area contributed by atoms with Gasteiger partial charge in [-0.05, 0) is 36.8 Å². The number of H-pyrrole nitrogens is 1. The van der Waals surface area contributed by atoms with Crippen LogP contribution in [0.2, 0.25) is 0 Å². The van der Waals surface area contributed by atoms with Crippen LogP contribution in [0.25, 0.3) is 10.9 Å². The van der Waals surface area contributed by atoms with Crippen molar-refractivity contribution in [1.29, 1.82) is 0 Å². The van der Waals surface area contributed by atoms with Crippen LogP contribution < -0.4 is 5.32 Å². The lowest BCUT2D eigenvalue weighted by Gasteiger charge is -2.13. The maximum atomic E-state index is 13.1. The van der Waals surface area contributed by atoms with Gasteiger partial charge in [0.25, 0.3) is 10.1 Å². The predicted octanol–water partition coefficient (Wildman–Crippen LogP) is 3.13. The van der Waals surface area contributed by atoms with Crippen molar-refractivity contribution in [2.75, 3.05) is 11.6 Å². The molecule has 4 N–H and O–H groups in total. The number of aromatic amines is 1. The third-order valence-corrected chi connectivity index (χ3v) is 4.00.